The van der Waals surface area contributed by atoms with Crippen molar-refractivity contribution in [2.24, 2.45) is 0 Å². The Morgan fingerprint density at radius 2 is 2.08 bits per heavy atom. The first kappa shape index (κ1) is 17.8. The number of allylic oxidation sites excluding steroid dienone is 2. The van der Waals surface area contributed by atoms with Crippen LogP contribution in [0.5, 0.6) is 11.5 Å². The Morgan fingerprint density at radius 1 is 1.28 bits per heavy atom. The number of phenolic OH excluding ortho intramolecular Hbond substituents is 1. The van der Waals surface area contributed by atoms with Crippen molar-refractivity contribution in [3.63, 3.8) is 0 Å². The van der Waals surface area contributed by atoms with Gasteiger partial charge in [-0.1, -0.05) is 31.4 Å². The van der Waals surface area contributed by atoms with Crippen LogP contribution in [-0.4, -0.2) is 17.4 Å². The van der Waals surface area contributed by atoms with Crippen LogP contribution in [-0.2, 0) is 11.2 Å². The molecule has 1 aromatic rings. The Kier molecular flexibility index (Phi) is 5.36. The smallest absolute Gasteiger partial charge is 0.345 e. The highest BCUT2D eigenvalue weighted by Crippen LogP contribution is 2.46. The van der Waals surface area contributed by atoms with Crippen LogP contribution in [0.25, 0.3) is 0 Å². The molecule has 0 bridgehead atoms. The number of aromatic hydroxyl groups is 1. The van der Waals surface area contributed by atoms with Crippen LogP contribution in [0.3, 0.4) is 0 Å². The highest BCUT2D eigenvalue weighted by molar-refractivity contribution is 5.96. The number of rotatable bonds is 5. The topological polar surface area (TPSA) is 55.8 Å². The first-order valence-corrected chi connectivity index (χ1v) is 9.45. The molecule has 4 heteroatoms. The van der Waals surface area contributed by atoms with E-state index in [2.05, 4.69) is 19.9 Å². The van der Waals surface area contributed by atoms with E-state index in [9.17, 15) is 9.90 Å². The number of ether oxygens (including phenoxy) is 2. The zero-order chi connectivity index (χ0) is 18.0. The number of aryl methyl sites for hydroxylation is 1. The van der Waals surface area contributed by atoms with Gasteiger partial charge in [-0.25, -0.2) is 4.79 Å². The second kappa shape index (κ2) is 7.51. The van der Waals surface area contributed by atoms with Gasteiger partial charge >= 0.3 is 5.97 Å². The Hall–Kier alpha value is -1.97. The van der Waals surface area contributed by atoms with Gasteiger partial charge in [0.1, 0.15) is 17.1 Å². The lowest BCUT2D eigenvalue weighted by Gasteiger charge is -2.30. The van der Waals surface area contributed by atoms with Crippen molar-refractivity contribution in [1.82, 2.24) is 0 Å². The van der Waals surface area contributed by atoms with Gasteiger partial charge in [-0.3, -0.25) is 0 Å². The number of carbonyl (C=O) groups is 1. The zero-order valence-electron chi connectivity index (χ0n) is 15.4. The van der Waals surface area contributed by atoms with Crippen LogP contribution in [0.4, 0.5) is 0 Å². The molecule has 2 unspecified atom stereocenters. The van der Waals surface area contributed by atoms with Gasteiger partial charge in [-0.05, 0) is 50.7 Å². The summed E-state index contributed by atoms with van der Waals surface area (Å²) < 4.78 is 11.2. The Labute approximate surface area is 149 Å². The third-order valence-electron chi connectivity index (χ3n) is 5.13. The molecule has 4 nitrogen and oxygen atoms in total. The molecule has 0 radical (unpaired) electrons. The Bertz CT molecular complexity index is 690. The Morgan fingerprint density at radius 3 is 2.80 bits per heavy atom. The number of cyclic esters (lactones) is 1. The normalized spacial score (nSPS) is 22.7. The molecule has 0 amide bonds. The molecule has 2 atom stereocenters. The maximum absolute atomic E-state index is 12.6. The quantitative estimate of drug-likeness (QED) is 0.451. The van der Waals surface area contributed by atoms with Crippen LogP contribution in [0, 0.1) is 0 Å². The van der Waals surface area contributed by atoms with E-state index < -0.39 is 6.29 Å². The number of fused-ring (bicyclic) bond motifs is 1. The highest BCUT2D eigenvalue weighted by Gasteiger charge is 2.34. The fraction of sp³-hybridized carbons (Fsp3) is 0.571. The molecule has 25 heavy (non-hydrogen) atoms. The molecule has 1 heterocycles. The average molecular weight is 344 g/mol. The van der Waals surface area contributed by atoms with E-state index >= 15 is 0 Å². The molecular weight excluding hydrogens is 316 g/mol. The summed E-state index contributed by atoms with van der Waals surface area (Å²) in [5, 5.41) is 10.8. The van der Waals surface area contributed by atoms with E-state index in [0.29, 0.717) is 11.3 Å². The van der Waals surface area contributed by atoms with Crippen molar-refractivity contribution in [3.05, 3.63) is 34.4 Å². The van der Waals surface area contributed by atoms with Crippen LogP contribution in [0.1, 0.15) is 86.7 Å². The molecular formula is C21H28O4. The van der Waals surface area contributed by atoms with Crippen LogP contribution in [0.15, 0.2) is 17.7 Å². The minimum Gasteiger partial charge on any atom is -0.507 e. The average Bonchev–Trinajstić information content (AvgIpc) is 2.54. The molecule has 0 fully saturated rings. The number of hydrogen-bond donors (Lipinski definition) is 1. The van der Waals surface area contributed by atoms with E-state index in [-0.39, 0.29) is 17.6 Å². The van der Waals surface area contributed by atoms with E-state index in [1.807, 2.05) is 0 Å². The summed E-state index contributed by atoms with van der Waals surface area (Å²) in [6, 6.07) is 1.75. The first-order chi connectivity index (χ1) is 12.0. The van der Waals surface area contributed by atoms with Crippen molar-refractivity contribution >= 4 is 5.97 Å². The second-order valence-electron chi connectivity index (χ2n) is 7.23. The van der Waals surface area contributed by atoms with E-state index in [1.165, 1.54) is 5.57 Å². The van der Waals surface area contributed by atoms with Gasteiger partial charge in [0.05, 0.1) is 0 Å². The van der Waals surface area contributed by atoms with Crippen LogP contribution < -0.4 is 4.74 Å². The van der Waals surface area contributed by atoms with E-state index in [0.717, 1.165) is 56.1 Å². The summed E-state index contributed by atoms with van der Waals surface area (Å²) in [5.41, 5.74) is 3.41. The molecule has 2 aliphatic rings. The first-order valence-electron chi connectivity index (χ1n) is 9.45. The lowest BCUT2D eigenvalue weighted by atomic mass is 9.83. The largest absolute Gasteiger partial charge is 0.507 e. The SMILES string of the molecule is CCCCCc1cc(O)c(C2C=C(C)CCC2)c2c1C(=O)OC(C)O2. The summed E-state index contributed by atoms with van der Waals surface area (Å²) in [4.78, 5) is 12.6. The maximum atomic E-state index is 12.6. The highest BCUT2D eigenvalue weighted by atomic mass is 16.7. The lowest BCUT2D eigenvalue weighted by Crippen LogP contribution is -2.29. The van der Waals surface area contributed by atoms with Gasteiger partial charge < -0.3 is 14.6 Å². The third-order valence-corrected chi connectivity index (χ3v) is 5.13. The van der Waals surface area contributed by atoms with Gasteiger partial charge in [0.15, 0.2) is 0 Å². The molecule has 1 aliphatic heterocycles. The predicted octanol–water partition coefficient (Wildman–Crippen LogP) is 5.23. The van der Waals surface area contributed by atoms with Gasteiger partial charge in [0.25, 0.3) is 0 Å². The standard InChI is InChI=1S/C21H28O4/c1-4-5-6-9-16-12-17(22)18(15-10-7-8-13(2)11-15)20-19(16)21(23)25-14(3)24-20/h11-12,14-15,22H,4-10H2,1-3H3. The minimum atomic E-state index is -0.627. The molecule has 1 aliphatic carbocycles. The molecule has 0 aromatic heterocycles. The molecule has 0 saturated carbocycles. The number of hydrogen-bond acceptors (Lipinski definition) is 4. The summed E-state index contributed by atoms with van der Waals surface area (Å²) in [7, 11) is 0. The zero-order valence-corrected chi connectivity index (χ0v) is 15.4. The summed E-state index contributed by atoms with van der Waals surface area (Å²) in [6.45, 7) is 5.98. The molecule has 1 N–H and O–H groups in total. The fourth-order valence-corrected chi connectivity index (χ4v) is 3.92. The molecule has 0 spiro atoms. The Balaban J connectivity index is 2.08. The van der Waals surface area contributed by atoms with Gasteiger partial charge in [0, 0.05) is 18.4 Å². The van der Waals surface area contributed by atoms with Crippen LogP contribution in [0.2, 0.25) is 0 Å². The minimum absolute atomic E-state index is 0.0882. The van der Waals surface area contributed by atoms with E-state index in [4.69, 9.17) is 9.47 Å². The number of esters is 1. The molecule has 0 saturated heterocycles. The fourth-order valence-electron chi connectivity index (χ4n) is 3.92. The molecule has 3 rings (SSSR count). The number of phenols is 1. The lowest BCUT2D eigenvalue weighted by molar-refractivity contribution is -0.0497. The predicted molar refractivity (Wildman–Crippen MR) is 97.2 cm³/mol. The van der Waals surface area contributed by atoms with Crippen molar-refractivity contribution in [2.45, 2.75) is 77.9 Å². The number of carbonyl (C=O) groups excluding carboxylic acids is 1. The molecule has 136 valence electrons. The van der Waals surface area contributed by atoms with Crippen molar-refractivity contribution in [2.75, 3.05) is 0 Å². The number of benzene rings is 1. The monoisotopic (exact) mass is 344 g/mol. The second-order valence-corrected chi connectivity index (χ2v) is 7.23. The third kappa shape index (κ3) is 3.68. The van der Waals surface area contributed by atoms with Crippen molar-refractivity contribution in [1.29, 1.82) is 0 Å². The summed E-state index contributed by atoms with van der Waals surface area (Å²) in [6.07, 6.45) is 8.63. The van der Waals surface area contributed by atoms with Gasteiger partial charge in [-0.15, -0.1) is 0 Å². The number of unbranched alkanes of at least 4 members (excludes halogenated alkanes) is 2. The van der Waals surface area contributed by atoms with Gasteiger partial charge in [-0.2, -0.15) is 0 Å². The van der Waals surface area contributed by atoms with E-state index in [1.54, 1.807) is 13.0 Å². The van der Waals surface area contributed by atoms with Gasteiger partial charge in [0.2, 0.25) is 6.29 Å². The van der Waals surface area contributed by atoms with Crippen molar-refractivity contribution < 1.29 is 19.4 Å². The van der Waals surface area contributed by atoms with Crippen LogP contribution >= 0.6 is 0 Å². The summed E-state index contributed by atoms with van der Waals surface area (Å²) >= 11 is 0. The summed E-state index contributed by atoms with van der Waals surface area (Å²) in [5.74, 6) is 0.526. The maximum Gasteiger partial charge on any atom is 0.345 e. The molecule has 1 aromatic carbocycles. The van der Waals surface area contributed by atoms with Crippen molar-refractivity contribution in [3.8, 4) is 11.5 Å².